The van der Waals surface area contributed by atoms with E-state index in [1.165, 1.54) is 38.3 Å². The van der Waals surface area contributed by atoms with Gasteiger partial charge in [-0.15, -0.1) is 0 Å². The minimum absolute atomic E-state index is 0.00601. The summed E-state index contributed by atoms with van der Waals surface area (Å²) in [5.41, 5.74) is 7.58. The van der Waals surface area contributed by atoms with Gasteiger partial charge in [-0.3, -0.25) is 9.59 Å². The van der Waals surface area contributed by atoms with Crippen molar-refractivity contribution in [2.75, 3.05) is 12.8 Å². The minimum atomic E-state index is -0.712. The smallest absolute Gasteiger partial charge is 0.338 e. The number of hydrogen-bond donors (Lipinski definition) is 3. The van der Waals surface area contributed by atoms with Crippen LogP contribution in [0.3, 0.4) is 0 Å². The van der Waals surface area contributed by atoms with Gasteiger partial charge in [-0.1, -0.05) is 31.9 Å². The number of amides is 1. The van der Waals surface area contributed by atoms with E-state index in [-0.39, 0.29) is 34.3 Å². The Bertz CT molecular complexity index is 923. The molecule has 2 rings (SSSR count). The van der Waals surface area contributed by atoms with Crippen LogP contribution < -0.4 is 11.1 Å². The van der Waals surface area contributed by atoms with E-state index in [0.29, 0.717) is 17.5 Å². The highest BCUT2D eigenvalue weighted by Crippen LogP contribution is 2.35. The Labute approximate surface area is 169 Å². The molecule has 0 heterocycles. The van der Waals surface area contributed by atoms with E-state index in [0.717, 1.165) is 12.8 Å². The third-order valence-corrected chi connectivity index (χ3v) is 4.59. The van der Waals surface area contributed by atoms with Gasteiger partial charge in [0.25, 0.3) is 0 Å². The number of nitrogens with one attached hydrogen (secondary N) is 1. The summed E-state index contributed by atoms with van der Waals surface area (Å²) in [4.78, 5) is 37.0. The number of methoxy groups -OCH3 is 1. The van der Waals surface area contributed by atoms with E-state index >= 15 is 0 Å². The number of Topliss-reactive ketones (excluding diaryl/α,β-unsaturated/α-hetero) is 1. The number of ketones is 1. The molecule has 4 N–H and O–H groups in total. The van der Waals surface area contributed by atoms with Gasteiger partial charge in [-0.2, -0.15) is 0 Å². The first kappa shape index (κ1) is 21.9. The van der Waals surface area contributed by atoms with Crippen molar-refractivity contribution in [2.45, 2.75) is 39.2 Å². The first-order chi connectivity index (χ1) is 13.8. The van der Waals surface area contributed by atoms with Gasteiger partial charge in [0.15, 0.2) is 5.78 Å². The van der Waals surface area contributed by atoms with Gasteiger partial charge in [-0.25, -0.2) is 4.79 Å². The van der Waals surface area contributed by atoms with Crippen LogP contribution in [0.4, 0.5) is 5.69 Å². The molecule has 0 aliphatic rings. The zero-order valence-electron chi connectivity index (χ0n) is 16.8. The maximum Gasteiger partial charge on any atom is 0.338 e. The third-order valence-electron chi connectivity index (χ3n) is 4.59. The quantitative estimate of drug-likeness (QED) is 0.357. The summed E-state index contributed by atoms with van der Waals surface area (Å²) in [6, 6.07) is 8.46. The molecule has 0 aliphatic heterocycles. The lowest BCUT2D eigenvalue weighted by atomic mass is 9.90. The van der Waals surface area contributed by atoms with Gasteiger partial charge < -0.3 is 20.9 Å². The first-order valence-corrected chi connectivity index (χ1v) is 9.41. The molecule has 2 aromatic carbocycles. The van der Waals surface area contributed by atoms with Crippen LogP contribution in [0.2, 0.25) is 0 Å². The Morgan fingerprint density at radius 2 is 1.86 bits per heavy atom. The number of rotatable bonds is 8. The third kappa shape index (κ3) is 5.13. The van der Waals surface area contributed by atoms with Crippen molar-refractivity contribution in [1.29, 1.82) is 0 Å². The van der Waals surface area contributed by atoms with Crippen molar-refractivity contribution in [2.24, 2.45) is 0 Å². The number of phenolic OH excluding ortho intramolecular Hbond substituents is 1. The molecule has 0 bridgehead atoms. The Balaban J connectivity index is 2.61. The van der Waals surface area contributed by atoms with E-state index in [1.807, 2.05) is 6.92 Å². The molecule has 0 spiro atoms. The van der Waals surface area contributed by atoms with Crippen molar-refractivity contribution in [3.05, 3.63) is 47.5 Å². The Kier molecular flexibility index (Phi) is 7.36. The van der Waals surface area contributed by atoms with E-state index in [9.17, 15) is 19.5 Å². The van der Waals surface area contributed by atoms with Gasteiger partial charge in [0.1, 0.15) is 5.75 Å². The molecule has 0 unspecified atom stereocenters. The van der Waals surface area contributed by atoms with E-state index in [2.05, 4.69) is 5.32 Å². The SMILES string of the molecule is CCCC[C@H](NC(C)=O)C(=O)c1ccc(C(=O)OC)c(-c2cccc(O)c2)c1N. The molecule has 0 aliphatic carbocycles. The average Bonchev–Trinajstić information content (AvgIpc) is 2.69. The lowest BCUT2D eigenvalue weighted by Crippen LogP contribution is -2.40. The first-order valence-electron chi connectivity index (χ1n) is 9.41. The van der Waals surface area contributed by atoms with Crippen molar-refractivity contribution in [3.63, 3.8) is 0 Å². The van der Waals surface area contributed by atoms with Crippen LogP contribution in [0.15, 0.2) is 36.4 Å². The average molecular weight is 398 g/mol. The predicted octanol–water partition coefficient (Wildman–Crippen LogP) is 3.31. The molecule has 0 saturated carbocycles. The highest BCUT2D eigenvalue weighted by atomic mass is 16.5. The number of anilines is 1. The van der Waals surface area contributed by atoms with Crippen LogP contribution in [-0.4, -0.2) is 35.9 Å². The number of carbonyl (C=O) groups excluding carboxylic acids is 3. The predicted molar refractivity (Wildman–Crippen MR) is 111 cm³/mol. The topological polar surface area (TPSA) is 119 Å². The number of aromatic hydroxyl groups is 1. The summed E-state index contributed by atoms with van der Waals surface area (Å²) >= 11 is 0. The summed E-state index contributed by atoms with van der Waals surface area (Å²) in [5, 5.41) is 12.5. The maximum absolute atomic E-state index is 13.1. The number of phenols is 1. The molecule has 29 heavy (non-hydrogen) atoms. The zero-order valence-corrected chi connectivity index (χ0v) is 16.8. The van der Waals surface area contributed by atoms with Gasteiger partial charge in [-0.05, 0) is 36.2 Å². The zero-order chi connectivity index (χ0) is 21.6. The number of benzene rings is 2. The summed E-state index contributed by atoms with van der Waals surface area (Å²) in [6.45, 7) is 3.35. The molecule has 1 atom stereocenters. The van der Waals surface area contributed by atoms with Gasteiger partial charge >= 0.3 is 5.97 Å². The fraction of sp³-hybridized carbons (Fsp3) is 0.318. The van der Waals surface area contributed by atoms with Gasteiger partial charge in [0.05, 0.1) is 24.4 Å². The molecule has 7 heteroatoms. The summed E-state index contributed by atoms with van der Waals surface area (Å²) in [6.07, 6.45) is 2.11. The molecule has 2 aromatic rings. The summed E-state index contributed by atoms with van der Waals surface area (Å²) in [5.74, 6) is -1.26. The fourth-order valence-electron chi connectivity index (χ4n) is 3.20. The summed E-state index contributed by atoms with van der Waals surface area (Å²) in [7, 11) is 1.25. The van der Waals surface area contributed by atoms with Gasteiger partial charge in [0, 0.05) is 18.1 Å². The van der Waals surface area contributed by atoms with Crippen LogP contribution in [0.25, 0.3) is 11.1 Å². The molecule has 0 aromatic heterocycles. The molecule has 7 nitrogen and oxygen atoms in total. The fourth-order valence-corrected chi connectivity index (χ4v) is 3.20. The molecule has 1 amide bonds. The molecular weight excluding hydrogens is 372 g/mol. The number of unbranched alkanes of at least 4 members (excludes halogenated alkanes) is 1. The lowest BCUT2D eigenvalue weighted by Gasteiger charge is -2.20. The van der Waals surface area contributed by atoms with Crippen molar-refractivity contribution < 1.29 is 24.2 Å². The normalized spacial score (nSPS) is 11.6. The highest BCUT2D eigenvalue weighted by molar-refractivity contribution is 6.11. The standard InChI is InChI=1S/C22H26N2O5/c1-4-5-9-18(24-13(2)25)21(27)17-11-10-16(22(28)29-3)19(20(17)23)14-7-6-8-15(26)12-14/h6-8,10-12,18,26H,4-5,9,23H2,1-3H3,(H,24,25)/t18-/m0/s1. The van der Waals surface area contributed by atoms with E-state index < -0.39 is 12.0 Å². The molecule has 0 radical (unpaired) electrons. The van der Waals surface area contributed by atoms with Crippen LogP contribution >= 0.6 is 0 Å². The number of nitrogens with two attached hydrogens (primary N) is 1. The van der Waals surface area contributed by atoms with Crippen molar-refractivity contribution in [3.8, 4) is 16.9 Å². The second kappa shape index (κ2) is 9.73. The highest BCUT2D eigenvalue weighted by Gasteiger charge is 2.26. The largest absolute Gasteiger partial charge is 0.508 e. The maximum atomic E-state index is 13.1. The Hall–Kier alpha value is -3.35. The monoisotopic (exact) mass is 398 g/mol. The molecular formula is C22H26N2O5. The number of carbonyl (C=O) groups is 3. The number of hydrogen-bond acceptors (Lipinski definition) is 6. The van der Waals surface area contributed by atoms with Crippen LogP contribution in [0.1, 0.15) is 53.8 Å². The van der Waals surface area contributed by atoms with Crippen molar-refractivity contribution >= 4 is 23.3 Å². The number of esters is 1. The van der Waals surface area contributed by atoms with Gasteiger partial charge in [0.2, 0.25) is 5.91 Å². The van der Waals surface area contributed by atoms with Crippen LogP contribution in [0.5, 0.6) is 5.75 Å². The Morgan fingerprint density at radius 1 is 1.17 bits per heavy atom. The second-order valence-corrected chi connectivity index (χ2v) is 6.75. The Morgan fingerprint density at radius 3 is 2.45 bits per heavy atom. The minimum Gasteiger partial charge on any atom is -0.508 e. The number of nitrogen functional groups attached to an aromatic ring is 1. The van der Waals surface area contributed by atoms with E-state index in [4.69, 9.17) is 10.5 Å². The van der Waals surface area contributed by atoms with Crippen LogP contribution in [-0.2, 0) is 9.53 Å². The molecule has 154 valence electrons. The van der Waals surface area contributed by atoms with E-state index in [1.54, 1.807) is 12.1 Å². The molecule has 0 saturated heterocycles. The lowest BCUT2D eigenvalue weighted by molar-refractivity contribution is -0.119. The van der Waals surface area contributed by atoms with Crippen molar-refractivity contribution in [1.82, 2.24) is 5.32 Å². The number of ether oxygens (including phenoxy) is 1. The molecule has 0 fully saturated rings. The summed E-state index contributed by atoms with van der Waals surface area (Å²) < 4.78 is 4.84. The second-order valence-electron chi connectivity index (χ2n) is 6.75. The van der Waals surface area contributed by atoms with Crippen LogP contribution in [0, 0.1) is 0 Å².